The van der Waals surface area contributed by atoms with Crippen LogP contribution < -0.4 is 10.0 Å². The molecule has 0 saturated carbocycles. The number of piperazine rings is 1. The van der Waals surface area contributed by atoms with Crippen LogP contribution in [-0.2, 0) is 24.4 Å². The molecule has 2 unspecified atom stereocenters. The minimum atomic E-state index is -3.54. The molecule has 20 heavy (non-hydrogen) atoms. The molecule has 0 aromatic carbocycles. The fourth-order valence-corrected chi connectivity index (χ4v) is 3.17. The van der Waals surface area contributed by atoms with E-state index in [9.17, 15) is 22.8 Å². The highest BCUT2D eigenvalue weighted by Gasteiger charge is 2.36. The topological polar surface area (TPSA) is 113 Å². The number of imide groups is 1. The molecule has 114 valence electrons. The van der Waals surface area contributed by atoms with Crippen molar-refractivity contribution in [1.82, 2.24) is 14.9 Å². The minimum Gasteiger partial charge on any atom is -0.320 e. The van der Waals surface area contributed by atoms with Crippen molar-refractivity contribution < 1.29 is 22.8 Å². The summed E-state index contributed by atoms with van der Waals surface area (Å²) in [6.45, 7) is 4.32. The zero-order chi connectivity index (χ0) is 15.5. The lowest BCUT2D eigenvalue weighted by atomic mass is 10.1. The van der Waals surface area contributed by atoms with Crippen LogP contribution in [0.2, 0.25) is 0 Å². The molecule has 0 aliphatic carbocycles. The molecule has 2 atom stereocenters. The Morgan fingerprint density at radius 2 is 2.10 bits per heavy atom. The van der Waals surface area contributed by atoms with Crippen molar-refractivity contribution in [1.29, 1.82) is 0 Å². The van der Waals surface area contributed by atoms with Gasteiger partial charge in [0.1, 0.15) is 12.6 Å². The Morgan fingerprint density at radius 1 is 1.50 bits per heavy atom. The first-order chi connectivity index (χ1) is 9.18. The summed E-state index contributed by atoms with van der Waals surface area (Å²) in [6, 6.07) is -1.83. The number of hydrogen-bond donors (Lipinski definition) is 2. The standard InChI is InChI=1S/C11H19N3O5S/c1-4-5-20(18,19)13-7(2)11(17)14-6-9(15)12-10(16)8(14)3/h7-8,13H,4-6H2,1-3H3,(H,12,15,16). The van der Waals surface area contributed by atoms with Crippen LogP contribution in [0.1, 0.15) is 27.2 Å². The van der Waals surface area contributed by atoms with E-state index in [1.54, 1.807) is 6.92 Å². The summed E-state index contributed by atoms with van der Waals surface area (Å²) >= 11 is 0. The maximum atomic E-state index is 12.1. The Hall–Kier alpha value is -1.48. The number of nitrogens with zero attached hydrogens (tertiary/aromatic N) is 1. The van der Waals surface area contributed by atoms with Gasteiger partial charge in [-0.1, -0.05) is 6.92 Å². The quantitative estimate of drug-likeness (QED) is 0.605. The molecule has 1 rings (SSSR count). The summed E-state index contributed by atoms with van der Waals surface area (Å²) in [6.07, 6.45) is 0.428. The molecule has 1 aliphatic heterocycles. The Morgan fingerprint density at radius 3 is 2.65 bits per heavy atom. The van der Waals surface area contributed by atoms with E-state index in [2.05, 4.69) is 10.0 Å². The van der Waals surface area contributed by atoms with E-state index in [-0.39, 0.29) is 12.3 Å². The van der Waals surface area contributed by atoms with Crippen molar-refractivity contribution in [3.63, 3.8) is 0 Å². The fraction of sp³-hybridized carbons (Fsp3) is 0.727. The van der Waals surface area contributed by atoms with Crippen LogP contribution in [0.3, 0.4) is 0 Å². The predicted molar refractivity (Wildman–Crippen MR) is 71.0 cm³/mol. The van der Waals surface area contributed by atoms with E-state index in [4.69, 9.17) is 0 Å². The molecule has 2 N–H and O–H groups in total. The van der Waals surface area contributed by atoms with Crippen LogP contribution in [0, 0.1) is 0 Å². The van der Waals surface area contributed by atoms with Crippen molar-refractivity contribution in [2.75, 3.05) is 12.3 Å². The molecular weight excluding hydrogens is 286 g/mol. The molecule has 1 fully saturated rings. The number of sulfonamides is 1. The highest BCUT2D eigenvalue weighted by molar-refractivity contribution is 7.89. The van der Waals surface area contributed by atoms with Crippen molar-refractivity contribution in [3.05, 3.63) is 0 Å². The maximum absolute atomic E-state index is 12.1. The van der Waals surface area contributed by atoms with Crippen LogP contribution in [0.5, 0.6) is 0 Å². The SMILES string of the molecule is CCCS(=O)(=O)NC(C)C(=O)N1CC(=O)NC(=O)C1C. The van der Waals surface area contributed by atoms with Gasteiger partial charge in [-0.2, -0.15) is 0 Å². The molecule has 0 radical (unpaired) electrons. The molecule has 0 aromatic rings. The molecule has 3 amide bonds. The highest BCUT2D eigenvalue weighted by atomic mass is 32.2. The molecule has 0 aromatic heterocycles. The summed E-state index contributed by atoms with van der Waals surface area (Å²) in [5.74, 6) is -1.83. The molecule has 0 spiro atoms. The maximum Gasteiger partial charge on any atom is 0.249 e. The first-order valence-corrected chi connectivity index (χ1v) is 7.97. The summed E-state index contributed by atoms with van der Waals surface area (Å²) in [7, 11) is -3.54. The van der Waals surface area contributed by atoms with E-state index in [1.807, 2.05) is 0 Å². The Labute approximate surface area is 117 Å². The second-order valence-corrected chi connectivity index (χ2v) is 6.59. The van der Waals surface area contributed by atoms with Gasteiger partial charge in [-0.05, 0) is 20.3 Å². The van der Waals surface area contributed by atoms with Gasteiger partial charge in [-0.15, -0.1) is 0 Å². The summed E-state index contributed by atoms with van der Waals surface area (Å²) in [5, 5.41) is 2.11. The Kier molecular flexibility index (Phi) is 5.23. The van der Waals surface area contributed by atoms with Gasteiger partial charge < -0.3 is 4.90 Å². The summed E-state index contributed by atoms with van der Waals surface area (Å²) < 4.78 is 25.5. The van der Waals surface area contributed by atoms with Crippen molar-refractivity contribution >= 4 is 27.7 Å². The second-order valence-electron chi connectivity index (χ2n) is 4.71. The smallest absolute Gasteiger partial charge is 0.249 e. The lowest BCUT2D eigenvalue weighted by molar-refractivity contribution is -0.150. The van der Waals surface area contributed by atoms with E-state index in [0.29, 0.717) is 6.42 Å². The van der Waals surface area contributed by atoms with E-state index < -0.39 is 39.8 Å². The van der Waals surface area contributed by atoms with Crippen molar-refractivity contribution in [2.45, 2.75) is 39.3 Å². The summed E-state index contributed by atoms with van der Waals surface area (Å²) in [4.78, 5) is 36.0. The van der Waals surface area contributed by atoms with E-state index >= 15 is 0 Å². The third kappa shape index (κ3) is 4.01. The third-order valence-corrected chi connectivity index (χ3v) is 4.56. The van der Waals surface area contributed by atoms with Crippen molar-refractivity contribution in [3.8, 4) is 0 Å². The number of rotatable bonds is 5. The zero-order valence-corrected chi connectivity index (χ0v) is 12.5. The first kappa shape index (κ1) is 16.6. The lowest BCUT2D eigenvalue weighted by Crippen LogP contribution is -2.61. The average Bonchev–Trinajstić information content (AvgIpc) is 2.32. The Balaban J connectivity index is 2.78. The molecule has 1 saturated heterocycles. The van der Waals surface area contributed by atoms with Gasteiger partial charge in [0, 0.05) is 0 Å². The number of carbonyl (C=O) groups is 3. The van der Waals surface area contributed by atoms with E-state index in [1.165, 1.54) is 13.8 Å². The highest BCUT2D eigenvalue weighted by Crippen LogP contribution is 2.08. The predicted octanol–water partition coefficient (Wildman–Crippen LogP) is -1.42. The van der Waals surface area contributed by atoms with Gasteiger partial charge in [0.15, 0.2) is 0 Å². The number of nitrogens with one attached hydrogen (secondary N) is 2. The molecule has 9 heteroatoms. The Bertz CT molecular complexity index is 516. The first-order valence-electron chi connectivity index (χ1n) is 6.32. The largest absolute Gasteiger partial charge is 0.320 e. The van der Waals surface area contributed by atoms with Gasteiger partial charge >= 0.3 is 0 Å². The molecular formula is C11H19N3O5S. The lowest BCUT2D eigenvalue weighted by Gasteiger charge is -2.33. The molecule has 1 aliphatic rings. The van der Waals surface area contributed by atoms with Crippen LogP contribution >= 0.6 is 0 Å². The van der Waals surface area contributed by atoms with Crippen molar-refractivity contribution in [2.24, 2.45) is 0 Å². The minimum absolute atomic E-state index is 0.0837. The van der Waals surface area contributed by atoms with Crippen LogP contribution in [-0.4, -0.2) is 55.4 Å². The average molecular weight is 305 g/mol. The van der Waals surface area contributed by atoms with Crippen LogP contribution in [0.15, 0.2) is 0 Å². The van der Waals surface area contributed by atoms with Gasteiger partial charge in [0.2, 0.25) is 27.7 Å². The van der Waals surface area contributed by atoms with Gasteiger partial charge in [-0.25, -0.2) is 13.1 Å². The number of carbonyl (C=O) groups excluding carboxylic acids is 3. The van der Waals surface area contributed by atoms with Crippen LogP contribution in [0.4, 0.5) is 0 Å². The number of hydrogen-bond acceptors (Lipinski definition) is 5. The third-order valence-electron chi connectivity index (χ3n) is 2.91. The van der Waals surface area contributed by atoms with Crippen LogP contribution in [0.25, 0.3) is 0 Å². The van der Waals surface area contributed by atoms with Gasteiger partial charge in [0.25, 0.3) is 0 Å². The van der Waals surface area contributed by atoms with E-state index in [0.717, 1.165) is 4.90 Å². The molecule has 1 heterocycles. The summed E-state index contributed by atoms with van der Waals surface area (Å²) in [5.41, 5.74) is 0. The molecule has 8 nitrogen and oxygen atoms in total. The zero-order valence-electron chi connectivity index (χ0n) is 11.7. The van der Waals surface area contributed by atoms with Gasteiger partial charge in [-0.3, -0.25) is 19.7 Å². The fourth-order valence-electron chi connectivity index (χ4n) is 1.88. The molecule has 0 bridgehead atoms. The normalized spacial score (nSPS) is 21.6. The van der Waals surface area contributed by atoms with Gasteiger partial charge in [0.05, 0.1) is 11.8 Å². The monoisotopic (exact) mass is 305 g/mol. The second kappa shape index (κ2) is 6.31. The number of amides is 3.